The van der Waals surface area contributed by atoms with Crippen LogP contribution in [0.3, 0.4) is 0 Å². The lowest BCUT2D eigenvalue weighted by Crippen LogP contribution is -2.31. The van der Waals surface area contributed by atoms with Gasteiger partial charge in [0.1, 0.15) is 0 Å². The number of rotatable bonds is 4. The monoisotopic (exact) mass is 343 g/mol. The number of carbonyl (C=O) groups is 2. The Balaban J connectivity index is 2.16. The highest BCUT2D eigenvalue weighted by Crippen LogP contribution is 2.29. The average molecular weight is 343 g/mol. The molecule has 124 valence electrons. The van der Waals surface area contributed by atoms with Crippen molar-refractivity contribution < 1.29 is 18.0 Å². The van der Waals surface area contributed by atoms with E-state index in [-0.39, 0.29) is 27.6 Å². The predicted molar refractivity (Wildman–Crippen MR) is 89.9 cm³/mol. The SMILES string of the molecule is CCN(CC)S(=O)(=O)c1ccc2c(c1)C(=O)c1ccccc1C2=O. The van der Waals surface area contributed by atoms with Crippen LogP contribution in [0.1, 0.15) is 45.7 Å². The number of benzene rings is 2. The Morgan fingerprint density at radius 1 is 0.792 bits per heavy atom. The van der Waals surface area contributed by atoms with Crippen LogP contribution in [0.25, 0.3) is 0 Å². The highest BCUT2D eigenvalue weighted by atomic mass is 32.2. The van der Waals surface area contributed by atoms with Crippen LogP contribution in [0.2, 0.25) is 0 Å². The second kappa shape index (κ2) is 5.96. The van der Waals surface area contributed by atoms with Crippen LogP contribution in [0.4, 0.5) is 0 Å². The molecule has 0 heterocycles. The van der Waals surface area contributed by atoms with Crippen LogP contribution in [-0.2, 0) is 10.0 Å². The predicted octanol–water partition coefficient (Wildman–Crippen LogP) is 2.49. The molecule has 0 bridgehead atoms. The van der Waals surface area contributed by atoms with Crippen molar-refractivity contribution in [3.63, 3.8) is 0 Å². The van der Waals surface area contributed by atoms with Crippen molar-refractivity contribution in [2.75, 3.05) is 13.1 Å². The molecule has 0 radical (unpaired) electrons. The molecule has 0 amide bonds. The average Bonchev–Trinajstić information content (AvgIpc) is 2.60. The van der Waals surface area contributed by atoms with Crippen molar-refractivity contribution in [2.45, 2.75) is 18.7 Å². The fourth-order valence-corrected chi connectivity index (χ4v) is 4.44. The molecule has 0 atom stereocenters. The first-order chi connectivity index (χ1) is 11.4. The highest BCUT2D eigenvalue weighted by molar-refractivity contribution is 7.89. The zero-order valence-corrected chi connectivity index (χ0v) is 14.3. The third-order valence-electron chi connectivity index (χ3n) is 4.24. The molecule has 24 heavy (non-hydrogen) atoms. The van der Waals surface area contributed by atoms with Gasteiger partial charge in [0, 0.05) is 35.3 Å². The summed E-state index contributed by atoms with van der Waals surface area (Å²) in [5, 5.41) is 0. The van der Waals surface area contributed by atoms with Crippen LogP contribution in [0, 0.1) is 0 Å². The summed E-state index contributed by atoms with van der Waals surface area (Å²) < 4.78 is 26.6. The summed E-state index contributed by atoms with van der Waals surface area (Å²) >= 11 is 0. The molecule has 0 unspecified atom stereocenters. The summed E-state index contributed by atoms with van der Waals surface area (Å²) in [6.45, 7) is 4.19. The quantitative estimate of drug-likeness (QED) is 0.730. The van der Waals surface area contributed by atoms with E-state index >= 15 is 0 Å². The Hall–Kier alpha value is -2.31. The lowest BCUT2D eigenvalue weighted by molar-refractivity contribution is 0.0979. The van der Waals surface area contributed by atoms with Gasteiger partial charge in [-0.25, -0.2) is 8.42 Å². The standard InChI is InChI=1S/C18H17NO4S/c1-3-19(4-2)24(22,23)12-9-10-15-16(11-12)18(21)14-8-6-5-7-13(14)17(15)20/h5-11H,3-4H2,1-2H3. The Morgan fingerprint density at radius 2 is 1.29 bits per heavy atom. The van der Waals surface area contributed by atoms with Gasteiger partial charge in [0.2, 0.25) is 10.0 Å². The van der Waals surface area contributed by atoms with Gasteiger partial charge in [-0.1, -0.05) is 38.1 Å². The van der Waals surface area contributed by atoms with Gasteiger partial charge in [-0.15, -0.1) is 0 Å². The molecule has 5 nitrogen and oxygen atoms in total. The number of hydrogen-bond acceptors (Lipinski definition) is 4. The second-order valence-electron chi connectivity index (χ2n) is 5.50. The van der Waals surface area contributed by atoms with Crippen LogP contribution in [-0.4, -0.2) is 37.4 Å². The number of fused-ring (bicyclic) bond motifs is 2. The van der Waals surface area contributed by atoms with Gasteiger partial charge in [0.05, 0.1) is 4.90 Å². The zero-order valence-electron chi connectivity index (χ0n) is 13.4. The number of carbonyl (C=O) groups excluding carboxylic acids is 2. The fraction of sp³-hybridized carbons (Fsp3) is 0.222. The molecule has 0 saturated heterocycles. The maximum Gasteiger partial charge on any atom is 0.243 e. The van der Waals surface area contributed by atoms with Gasteiger partial charge < -0.3 is 0 Å². The normalized spacial score (nSPS) is 13.8. The second-order valence-corrected chi connectivity index (χ2v) is 7.44. The molecule has 0 aliphatic heterocycles. The molecule has 0 N–H and O–H groups in total. The molecule has 1 aliphatic rings. The summed E-state index contributed by atoms with van der Waals surface area (Å²) in [6.07, 6.45) is 0. The summed E-state index contributed by atoms with van der Waals surface area (Å²) in [5.41, 5.74) is 1.06. The molecule has 0 aromatic heterocycles. The van der Waals surface area contributed by atoms with Crippen molar-refractivity contribution in [3.05, 3.63) is 64.7 Å². The molecule has 0 spiro atoms. The molecule has 2 aromatic rings. The highest BCUT2D eigenvalue weighted by Gasteiger charge is 2.31. The lowest BCUT2D eigenvalue weighted by atomic mass is 9.84. The maximum absolute atomic E-state index is 12.7. The van der Waals surface area contributed by atoms with E-state index in [2.05, 4.69) is 0 Å². The minimum Gasteiger partial charge on any atom is -0.289 e. The topological polar surface area (TPSA) is 71.5 Å². The molecule has 1 aliphatic carbocycles. The van der Waals surface area contributed by atoms with E-state index in [1.165, 1.54) is 22.5 Å². The molecule has 0 saturated carbocycles. The molecular formula is C18H17NO4S. The first kappa shape index (κ1) is 16.5. The van der Waals surface area contributed by atoms with Crippen LogP contribution in [0.5, 0.6) is 0 Å². The number of nitrogens with zero attached hydrogens (tertiary/aromatic N) is 1. The molecular weight excluding hydrogens is 326 g/mol. The summed E-state index contributed by atoms with van der Waals surface area (Å²) in [7, 11) is -3.68. The Morgan fingerprint density at radius 3 is 1.83 bits per heavy atom. The maximum atomic E-state index is 12.7. The van der Waals surface area contributed by atoms with Gasteiger partial charge in [-0.05, 0) is 18.2 Å². The number of ketones is 2. The minimum absolute atomic E-state index is 0.0329. The van der Waals surface area contributed by atoms with E-state index in [1.807, 2.05) is 0 Å². The van der Waals surface area contributed by atoms with Gasteiger partial charge in [0.15, 0.2) is 11.6 Å². The lowest BCUT2D eigenvalue weighted by Gasteiger charge is -2.21. The summed E-state index contributed by atoms with van der Waals surface area (Å²) in [5.74, 6) is -0.580. The third kappa shape index (κ3) is 2.39. The minimum atomic E-state index is -3.68. The van der Waals surface area contributed by atoms with Crippen molar-refractivity contribution in [2.24, 2.45) is 0 Å². The zero-order chi connectivity index (χ0) is 17.5. The van der Waals surface area contributed by atoms with Gasteiger partial charge in [-0.3, -0.25) is 9.59 Å². The third-order valence-corrected chi connectivity index (χ3v) is 6.29. The van der Waals surface area contributed by atoms with E-state index in [4.69, 9.17) is 0 Å². The fourth-order valence-electron chi connectivity index (χ4n) is 2.95. The van der Waals surface area contributed by atoms with Crippen LogP contribution < -0.4 is 0 Å². The van der Waals surface area contributed by atoms with E-state index in [0.717, 1.165) is 0 Å². The number of sulfonamides is 1. The van der Waals surface area contributed by atoms with E-state index in [1.54, 1.807) is 38.1 Å². The van der Waals surface area contributed by atoms with Crippen LogP contribution >= 0.6 is 0 Å². The summed E-state index contributed by atoms with van der Waals surface area (Å²) in [4.78, 5) is 25.3. The Kier molecular flexibility index (Phi) is 4.11. The molecule has 0 fully saturated rings. The van der Waals surface area contributed by atoms with E-state index < -0.39 is 10.0 Å². The molecule has 6 heteroatoms. The summed E-state index contributed by atoms with van der Waals surface area (Å²) in [6, 6.07) is 10.7. The Labute approximate surface area is 141 Å². The van der Waals surface area contributed by atoms with Gasteiger partial charge in [0.25, 0.3) is 0 Å². The first-order valence-corrected chi connectivity index (χ1v) is 9.18. The Bertz CT molecular complexity index is 943. The molecule has 2 aromatic carbocycles. The van der Waals surface area contributed by atoms with Crippen molar-refractivity contribution >= 4 is 21.6 Å². The van der Waals surface area contributed by atoms with Crippen molar-refractivity contribution in [1.29, 1.82) is 0 Å². The number of hydrogen-bond donors (Lipinski definition) is 0. The van der Waals surface area contributed by atoms with E-state index in [0.29, 0.717) is 24.2 Å². The largest absolute Gasteiger partial charge is 0.289 e. The van der Waals surface area contributed by atoms with Gasteiger partial charge >= 0.3 is 0 Å². The molecule has 3 rings (SSSR count). The van der Waals surface area contributed by atoms with Gasteiger partial charge in [-0.2, -0.15) is 4.31 Å². The first-order valence-electron chi connectivity index (χ1n) is 7.74. The van der Waals surface area contributed by atoms with Crippen molar-refractivity contribution in [3.8, 4) is 0 Å². The van der Waals surface area contributed by atoms with Crippen molar-refractivity contribution in [1.82, 2.24) is 4.31 Å². The smallest absolute Gasteiger partial charge is 0.243 e. The van der Waals surface area contributed by atoms with E-state index in [9.17, 15) is 18.0 Å². The van der Waals surface area contributed by atoms with Crippen LogP contribution in [0.15, 0.2) is 47.4 Å².